The molecular formula is C7H14ClN3O2. The molecule has 76 valence electrons. The molecule has 0 aliphatic rings. The van der Waals surface area contributed by atoms with Crippen molar-refractivity contribution in [1.29, 1.82) is 0 Å². The van der Waals surface area contributed by atoms with Crippen LogP contribution in [-0.4, -0.2) is 36.7 Å². The third-order valence-electron chi connectivity index (χ3n) is 1.13. The zero-order chi connectivity index (χ0) is 10.1. The van der Waals surface area contributed by atoms with E-state index in [0.29, 0.717) is 25.6 Å². The Bertz CT molecular complexity index is 175. The lowest BCUT2D eigenvalue weighted by Crippen LogP contribution is -2.25. The highest BCUT2D eigenvalue weighted by molar-refractivity contribution is 6.18. The minimum atomic E-state index is -0.483. The van der Waals surface area contributed by atoms with Crippen LogP contribution in [0.15, 0.2) is 10.3 Å². The second-order valence-corrected chi connectivity index (χ2v) is 2.44. The van der Waals surface area contributed by atoms with Crippen LogP contribution < -0.4 is 0 Å². The first kappa shape index (κ1) is 12.2. The summed E-state index contributed by atoms with van der Waals surface area (Å²) in [6.45, 7) is 4.70. The Morgan fingerprint density at radius 1 is 1.54 bits per heavy atom. The maximum atomic E-state index is 11.1. The highest BCUT2D eigenvalue weighted by atomic mass is 35.5. The van der Waals surface area contributed by atoms with Crippen molar-refractivity contribution in [2.45, 2.75) is 13.8 Å². The molecule has 0 aromatic rings. The Morgan fingerprint density at radius 2 is 2.23 bits per heavy atom. The smallest absolute Gasteiger partial charge is 0.431 e. The fraction of sp³-hybridized carbons (Fsp3) is 0.857. The van der Waals surface area contributed by atoms with Gasteiger partial charge in [0.15, 0.2) is 0 Å². The van der Waals surface area contributed by atoms with Crippen LogP contribution in [0, 0.1) is 0 Å². The molecule has 13 heavy (non-hydrogen) atoms. The average Bonchev–Trinajstić information content (AvgIpc) is 2.13. The molecule has 1 amide bonds. The van der Waals surface area contributed by atoms with Crippen molar-refractivity contribution in [2.75, 3.05) is 25.6 Å². The first-order valence-electron chi connectivity index (χ1n) is 4.13. The summed E-state index contributed by atoms with van der Waals surface area (Å²) >= 11 is 5.38. The van der Waals surface area contributed by atoms with Crippen molar-refractivity contribution >= 4 is 17.7 Å². The van der Waals surface area contributed by atoms with Crippen molar-refractivity contribution in [2.24, 2.45) is 10.3 Å². The van der Waals surface area contributed by atoms with Gasteiger partial charge in [0.25, 0.3) is 0 Å². The third kappa shape index (κ3) is 5.41. The van der Waals surface area contributed by atoms with Gasteiger partial charge in [0.05, 0.1) is 13.2 Å². The van der Waals surface area contributed by atoms with Gasteiger partial charge in [0, 0.05) is 12.4 Å². The van der Waals surface area contributed by atoms with Crippen LogP contribution in [0.1, 0.15) is 13.8 Å². The summed E-state index contributed by atoms with van der Waals surface area (Å²) in [6.07, 6.45) is -0.483. The standard InChI is InChI=1S/C7H14ClN3O2/c1-3-11(7(12)13-4-2)10-9-6-5-8/h3-6H2,1-2H3. The zero-order valence-electron chi connectivity index (χ0n) is 7.86. The van der Waals surface area contributed by atoms with Gasteiger partial charge in [-0.3, -0.25) is 0 Å². The number of amides is 1. The van der Waals surface area contributed by atoms with Gasteiger partial charge in [-0.15, -0.1) is 11.6 Å². The molecule has 0 fully saturated rings. The van der Waals surface area contributed by atoms with E-state index in [-0.39, 0.29) is 0 Å². The van der Waals surface area contributed by atoms with Crippen molar-refractivity contribution in [3.05, 3.63) is 0 Å². The summed E-state index contributed by atoms with van der Waals surface area (Å²) < 4.78 is 4.73. The summed E-state index contributed by atoms with van der Waals surface area (Å²) in [7, 11) is 0. The molecule has 0 spiro atoms. The lowest BCUT2D eigenvalue weighted by atomic mass is 10.7. The van der Waals surface area contributed by atoms with E-state index in [2.05, 4.69) is 10.3 Å². The number of carbonyl (C=O) groups excluding carboxylic acids is 1. The van der Waals surface area contributed by atoms with Crippen LogP contribution in [0.25, 0.3) is 0 Å². The molecule has 0 radical (unpaired) electrons. The van der Waals surface area contributed by atoms with Crippen LogP contribution in [0.5, 0.6) is 0 Å². The van der Waals surface area contributed by atoms with Gasteiger partial charge < -0.3 is 4.74 Å². The van der Waals surface area contributed by atoms with E-state index in [1.807, 2.05) is 0 Å². The highest BCUT2D eigenvalue weighted by Crippen LogP contribution is 1.95. The third-order valence-corrected chi connectivity index (χ3v) is 1.30. The van der Waals surface area contributed by atoms with Gasteiger partial charge in [-0.25, -0.2) is 4.79 Å². The molecule has 6 heteroatoms. The predicted octanol–water partition coefficient (Wildman–Crippen LogP) is 2.07. The molecule has 0 atom stereocenters. The minimum absolute atomic E-state index is 0.334. The number of halogens is 1. The van der Waals surface area contributed by atoms with E-state index in [4.69, 9.17) is 16.3 Å². The predicted molar refractivity (Wildman–Crippen MR) is 49.8 cm³/mol. The molecule has 0 aliphatic carbocycles. The monoisotopic (exact) mass is 207 g/mol. The van der Waals surface area contributed by atoms with Crippen molar-refractivity contribution < 1.29 is 9.53 Å². The largest absolute Gasteiger partial charge is 0.448 e. The molecule has 0 aliphatic heterocycles. The molecule has 0 rings (SSSR count). The van der Waals surface area contributed by atoms with Crippen LogP contribution in [0.3, 0.4) is 0 Å². The Balaban J connectivity index is 3.93. The normalized spacial score (nSPS) is 10.4. The number of carbonyl (C=O) groups is 1. The SMILES string of the molecule is CCOC(=O)N(CC)N=NCCCl. The molecule has 0 saturated carbocycles. The van der Waals surface area contributed by atoms with Crippen LogP contribution in [0.4, 0.5) is 4.79 Å². The maximum absolute atomic E-state index is 11.1. The molecule has 0 N–H and O–H groups in total. The summed E-state index contributed by atoms with van der Waals surface area (Å²) in [5.74, 6) is 0.393. The van der Waals surface area contributed by atoms with Gasteiger partial charge >= 0.3 is 6.09 Å². The van der Waals surface area contributed by atoms with E-state index in [0.717, 1.165) is 5.01 Å². The van der Waals surface area contributed by atoms with Gasteiger partial charge in [-0.1, -0.05) is 5.22 Å². The topological polar surface area (TPSA) is 54.3 Å². The summed E-state index contributed by atoms with van der Waals surface area (Å²) in [6, 6.07) is 0. The second kappa shape index (κ2) is 7.79. The van der Waals surface area contributed by atoms with Gasteiger partial charge in [0.2, 0.25) is 0 Å². The maximum Gasteiger partial charge on any atom is 0.431 e. The molecule has 0 bridgehead atoms. The first-order chi connectivity index (χ1) is 6.26. The van der Waals surface area contributed by atoms with Gasteiger partial charge in [-0.05, 0) is 13.8 Å². The fourth-order valence-electron chi connectivity index (χ4n) is 0.586. The Hall–Kier alpha value is -0.840. The van der Waals surface area contributed by atoms with E-state index in [9.17, 15) is 4.79 Å². The first-order valence-corrected chi connectivity index (χ1v) is 4.67. The van der Waals surface area contributed by atoms with Crippen molar-refractivity contribution in [3.8, 4) is 0 Å². The quantitative estimate of drug-likeness (QED) is 0.394. The summed E-state index contributed by atoms with van der Waals surface area (Å²) in [5, 5.41) is 8.48. The molecule has 0 aromatic heterocycles. The summed E-state index contributed by atoms with van der Waals surface area (Å²) in [5.41, 5.74) is 0. The molecule has 0 saturated heterocycles. The van der Waals surface area contributed by atoms with Gasteiger partial charge in [0.1, 0.15) is 0 Å². The second-order valence-electron chi connectivity index (χ2n) is 2.06. The highest BCUT2D eigenvalue weighted by Gasteiger charge is 2.10. The van der Waals surface area contributed by atoms with E-state index in [1.165, 1.54) is 0 Å². The average molecular weight is 208 g/mol. The molecular weight excluding hydrogens is 194 g/mol. The lowest BCUT2D eigenvalue weighted by molar-refractivity contribution is 0.107. The van der Waals surface area contributed by atoms with Gasteiger partial charge in [-0.2, -0.15) is 10.1 Å². The molecule has 5 nitrogen and oxygen atoms in total. The number of ether oxygens (including phenoxy) is 1. The number of hydrogen-bond donors (Lipinski definition) is 0. The fourth-order valence-corrected chi connectivity index (χ4v) is 0.661. The molecule has 0 aromatic carbocycles. The molecule has 0 heterocycles. The lowest BCUT2D eigenvalue weighted by Gasteiger charge is -2.11. The Labute approximate surface area is 82.7 Å². The summed E-state index contributed by atoms with van der Waals surface area (Å²) in [4.78, 5) is 11.1. The minimum Gasteiger partial charge on any atom is -0.448 e. The Morgan fingerprint density at radius 3 is 2.69 bits per heavy atom. The zero-order valence-corrected chi connectivity index (χ0v) is 8.62. The van der Waals surface area contributed by atoms with Crippen molar-refractivity contribution in [1.82, 2.24) is 5.01 Å². The van der Waals surface area contributed by atoms with Crippen molar-refractivity contribution in [3.63, 3.8) is 0 Å². The van der Waals surface area contributed by atoms with Crippen LogP contribution >= 0.6 is 11.6 Å². The number of hydrogen-bond acceptors (Lipinski definition) is 4. The Kier molecular flexibility index (Phi) is 7.29. The van der Waals surface area contributed by atoms with E-state index >= 15 is 0 Å². The number of nitrogens with zero attached hydrogens (tertiary/aromatic N) is 3. The van der Waals surface area contributed by atoms with E-state index in [1.54, 1.807) is 13.8 Å². The number of alkyl halides is 1. The van der Waals surface area contributed by atoms with Crippen LogP contribution in [-0.2, 0) is 4.74 Å². The number of rotatable bonds is 5. The molecule has 0 unspecified atom stereocenters. The van der Waals surface area contributed by atoms with E-state index < -0.39 is 6.09 Å². The van der Waals surface area contributed by atoms with Crippen LogP contribution in [0.2, 0.25) is 0 Å².